The Morgan fingerprint density at radius 1 is 1.22 bits per heavy atom. The largest absolute Gasteiger partial charge is 0.377 e. The van der Waals surface area contributed by atoms with E-state index in [1.807, 2.05) is 25.1 Å². The first-order chi connectivity index (χ1) is 8.56. The fraction of sp³-hybridized carbons (Fsp3) is 0.154. The van der Waals surface area contributed by atoms with Crippen molar-refractivity contribution in [2.45, 2.75) is 13.5 Å². The number of benzene rings is 1. The van der Waals surface area contributed by atoms with E-state index in [-0.39, 0.29) is 10.2 Å². The van der Waals surface area contributed by atoms with Crippen LogP contribution in [-0.4, -0.2) is 4.98 Å². The van der Waals surface area contributed by atoms with E-state index in [2.05, 4.69) is 26.2 Å². The van der Waals surface area contributed by atoms with E-state index in [0.29, 0.717) is 6.54 Å². The van der Waals surface area contributed by atoms with E-state index in [4.69, 9.17) is 0 Å². The summed E-state index contributed by atoms with van der Waals surface area (Å²) in [5.41, 5.74) is 1.94. The minimum absolute atomic E-state index is 0.226. The van der Waals surface area contributed by atoms with E-state index >= 15 is 0 Å². The van der Waals surface area contributed by atoms with Crippen molar-refractivity contribution in [3.63, 3.8) is 0 Å². The summed E-state index contributed by atoms with van der Waals surface area (Å²) in [6.07, 6.45) is 0. The molecule has 2 aromatic rings. The Morgan fingerprint density at radius 3 is 2.72 bits per heavy atom. The number of aryl methyl sites for hydroxylation is 1. The molecule has 0 aliphatic carbocycles. The maximum Gasteiger partial charge on any atom is 0.149 e. The van der Waals surface area contributed by atoms with Crippen LogP contribution in [0.3, 0.4) is 0 Å². The van der Waals surface area contributed by atoms with Crippen molar-refractivity contribution in [1.82, 2.24) is 4.98 Å². The predicted octanol–water partition coefficient (Wildman–Crippen LogP) is 4.04. The van der Waals surface area contributed by atoms with Crippen LogP contribution in [0.1, 0.15) is 11.4 Å². The lowest BCUT2D eigenvalue weighted by Crippen LogP contribution is -2.04. The molecule has 2 rings (SSSR count). The SMILES string of the molecule is Cc1cccc(CNc2cc(Br)c(F)cc2F)n1. The Morgan fingerprint density at radius 2 is 2.00 bits per heavy atom. The minimum Gasteiger partial charge on any atom is -0.377 e. The van der Waals surface area contributed by atoms with Gasteiger partial charge in [-0.05, 0) is 41.1 Å². The normalized spacial score (nSPS) is 10.4. The second kappa shape index (κ2) is 5.44. The zero-order valence-electron chi connectivity index (χ0n) is 9.67. The van der Waals surface area contributed by atoms with Gasteiger partial charge in [-0.25, -0.2) is 8.78 Å². The minimum atomic E-state index is -0.622. The van der Waals surface area contributed by atoms with Gasteiger partial charge in [-0.2, -0.15) is 0 Å². The summed E-state index contributed by atoms with van der Waals surface area (Å²) in [4.78, 5) is 4.29. The third-order valence-electron chi connectivity index (χ3n) is 2.42. The molecule has 0 unspecified atom stereocenters. The van der Waals surface area contributed by atoms with Gasteiger partial charge in [-0.15, -0.1) is 0 Å². The fourth-order valence-corrected chi connectivity index (χ4v) is 1.89. The topological polar surface area (TPSA) is 24.9 Å². The van der Waals surface area contributed by atoms with Gasteiger partial charge in [0.05, 0.1) is 22.4 Å². The molecule has 0 spiro atoms. The highest BCUT2D eigenvalue weighted by Gasteiger charge is 2.08. The summed E-state index contributed by atoms with van der Waals surface area (Å²) in [5.74, 6) is -1.24. The molecule has 2 nitrogen and oxygen atoms in total. The van der Waals surface area contributed by atoms with Gasteiger partial charge in [0.25, 0.3) is 0 Å². The van der Waals surface area contributed by atoms with Crippen molar-refractivity contribution in [2.75, 3.05) is 5.32 Å². The van der Waals surface area contributed by atoms with E-state index in [9.17, 15) is 8.78 Å². The number of aromatic nitrogens is 1. The zero-order chi connectivity index (χ0) is 13.1. The summed E-state index contributed by atoms with van der Waals surface area (Å²) in [6, 6.07) is 7.84. The van der Waals surface area contributed by atoms with E-state index in [1.54, 1.807) is 0 Å². The predicted molar refractivity (Wildman–Crippen MR) is 70.4 cm³/mol. The zero-order valence-corrected chi connectivity index (χ0v) is 11.3. The number of pyridine rings is 1. The van der Waals surface area contributed by atoms with Crippen LogP contribution in [0.25, 0.3) is 0 Å². The lowest BCUT2D eigenvalue weighted by molar-refractivity contribution is 0.580. The van der Waals surface area contributed by atoms with Gasteiger partial charge in [0.2, 0.25) is 0 Å². The third-order valence-corrected chi connectivity index (χ3v) is 3.02. The number of nitrogens with zero attached hydrogens (tertiary/aromatic N) is 1. The van der Waals surface area contributed by atoms with Gasteiger partial charge in [-0.1, -0.05) is 6.07 Å². The molecule has 1 aromatic heterocycles. The van der Waals surface area contributed by atoms with Gasteiger partial charge in [0.1, 0.15) is 11.6 Å². The van der Waals surface area contributed by atoms with Crippen molar-refractivity contribution in [2.24, 2.45) is 0 Å². The molecule has 1 heterocycles. The standard InChI is InChI=1S/C13H11BrF2N2/c1-8-3-2-4-9(18-8)7-17-13-5-10(14)11(15)6-12(13)16/h2-6,17H,7H2,1H3. The molecular formula is C13H11BrF2N2. The fourth-order valence-electron chi connectivity index (χ4n) is 1.54. The lowest BCUT2D eigenvalue weighted by atomic mass is 10.2. The molecule has 1 N–H and O–H groups in total. The monoisotopic (exact) mass is 312 g/mol. The molecule has 0 amide bonds. The maximum atomic E-state index is 13.5. The Hall–Kier alpha value is -1.49. The van der Waals surface area contributed by atoms with Gasteiger partial charge in [0, 0.05) is 11.8 Å². The number of hydrogen-bond donors (Lipinski definition) is 1. The van der Waals surface area contributed by atoms with Crippen LogP contribution < -0.4 is 5.32 Å². The molecule has 1 aromatic carbocycles. The second-order valence-corrected chi connectivity index (χ2v) is 4.72. The Bertz CT molecular complexity index is 573. The summed E-state index contributed by atoms with van der Waals surface area (Å²) < 4.78 is 26.7. The summed E-state index contributed by atoms with van der Waals surface area (Å²) in [6.45, 7) is 2.27. The molecule has 0 atom stereocenters. The van der Waals surface area contributed by atoms with Crippen LogP contribution in [-0.2, 0) is 6.54 Å². The van der Waals surface area contributed by atoms with Gasteiger partial charge >= 0.3 is 0 Å². The molecule has 0 bridgehead atoms. The quantitative estimate of drug-likeness (QED) is 0.865. The molecule has 94 valence electrons. The van der Waals surface area contributed by atoms with Gasteiger partial charge in [0.15, 0.2) is 0 Å². The van der Waals surface area contributed by atoms with Crippen LogP contribution in [0.5, 0.6) is 0 Å². The number of anilines is 1. The highest BCUT2D eigenvalue weighted by Crippen LogP contribution is 2.23. The van der Waals surface area contributed by atoms with E-state index < -0.39 is 11.6 Å². The van der Waals surface area contributed by atoms with Gasteiger partial charge < -0.3 is 5.32 Å². The average Bonchev–Trinajstić information content (AvgIpc) is 2.32. The third kappa shape index (κ3) is 3.04. The summed E-state index contributed by atoms with van der Waals surface area (Å²) >= 11 is 3.02. The van der Waals surface area contributed by atoms with Gasteiger partial charge in [-0.3, -0.25) is 4.98 Å². The smallest absolute Gasteiger partial charge is 0.149 e. The second-order valence-electron chi connectivity index (χ2n) is 3.87. The highest BCUT2D eigenvalue weighted by atomic mass is 79.9. The Labute approximate surface area is 112 Å². The van der Waals surface area contributed by atoms with Crippen molar-refractivity contribution in [3.05, 3.63) is 57.8 Å². The molecule has 0 saturated carbocycles. The van der Waals surface area contributed by atoms with Crippen LogP contribution in [0, 0.1) is 18.6 Å². The molecule has 0 aliphatic heterocycles. The molecule has 0 saturated heterocycles. The first-order valence-corrected chi connectivity index (χ1v) is 6.16. The average molecular weight is 313 g/mol. The molecule has 0 radical (unpaired) electrons. The number of hydrogen-bond acceptors (Lipinski definition) is 2. The van der Waals surface area contributed by atoms with Crippen LogP contribution in [0.15, 0.2) is 34.8 Å². The Balaban J connectivity index is 2.13. The van der Waals surface area contributed by atoms with E-state index in [0.717, 1.165) is 17.5 Å². The summed E-state index contributed by atoms with van der Waals surface area (Å²) in [7, 11) is 0. The molecule has 0 fully saturated rings. The van der Waals surface area contributed by atoms with Crippen LogP contribution in [0.2, 0.25) is 0 Å². The van der Waals surface area contributed by atoms with E-state index in [1.165, 1.54) is 6.07 Å². The first-order valence-electron chi connectivity index (χ1n) is 5.37. The molecule has 5 heteroatoms. The maximum absolute atomic E-state index is 13.5. The Kier molecular flexibility index (Phi) is 3.91. The van der Waals surface area contributed by atoms with Crippen LogP contribution >= 0.6 is 15.9 Å². The first kappa shape index (κ1) is 13.0. The van der Waals surface area contributed by atoms with Crippen molar-refractivity contribution < 1.29 is 8.78 Å². The van der Waals surface area contributed by atoms with Crippen molar-refractivity contribution in [3.8, 4) is 0 Å². The number of halogens is 3. The number of rotatable bonds is 3. The van der Waals surface area contributed by atoms with Crippen molar-refractivity contribution in [1.29, 1.82) is 0 Å². The van der Waals surface area contributed by atoms with Crippen molar-refractivity contribution >= 4 is 21.6 Å². The van der Waals surface area contributed by atoms with Crippen LogP contribution in [0.4, 0.5) is 14.5 Å². The highest BCUT2D eigenvalue weighted by molar-refractivity contribution is 9.10. The lowest BCUT2D eigenvalue weighted by Gasteiger charge is -2.08. The molecular weight excluding hydrogens is 302 g/mol. The number of nitrogens with one attached hydrogen (secondary N) is 1. The molecule has 18 heavy (non-hydrogen) atoms. The summed E-state index contributed by atoms with van der Waals surface area (Å²) in [5, 5.41) is 2.89. The molecule has 0 aliphatic rings.